The van der Waals surface area contributed by atoms with Crippen molar-refractivity contribution < 1.29 is 17.9 Å². The first-order valence-electron chi connectivity index (χ1n) is 7.49. The molecule has 2 rings (SSSR count). The van der Waals surface area contributed by atoms with E-state index < -0.39 is 22.5 Å². The Morgan fingerprint density at radius 1 is 1.23 bits per heavy atom. The summed E-state index contributed by atoms with van der Waals surface area (Å²) in [7, 11) is -2.29. The van der Waals surface area contributed by atoms with Crippen LogP contribution in [0.5, 0.6) is 5.75 Å². The van der Waals surface area contributed by atoms with Gasteiger partial charge in [-0.2, -0.15) is 0 Å². The highest BCUT2D eigenvalue weighted by atomic mass is 35.5. The number of anilines is 2. The van der Waals surface area contributed by atoms with E-state index in [9.17, 15) is 13.2 Å². The Bertz CT molecular complexity index is 932. The lowest BCUT2D eigenvalue weighted by Crippen LogP contribution is -2.37. The second-order valence-corrected chi connectivity index (χ2v) is 8.29. The van der Waals surface area contributed by atoms with Crippen LogP contribution in [0.3, 0.4) is 0 Å². The quantitative estimate of drug-likeness (QED) is 0.778. The molecule has 1 amide bonds. The van der Waals surface area contributed by atoms with E-state index >= 15 is 0 Å². The number of hydrogen-bond donors (Lipinski definition) is 1. The van der Waals surface area contributed by atoms with Crippen molar-refractivity contribution >= 4 is 50.5 Å². The molecule has 0 heterocycles. The summed E-state index contributed by atoms with van der Waals surface area (Å²) in [6.45, 7) is 1.40. The average molecular weight is 417 g/mol. The SMILES string of the molecule is COc1ccc(C)cc1NC(=O)CN(c1cccc(Cl)c1Cl)S(C)(=O)=O. The molecule has 0 aliphatic heterocycles. The van der Waals surface area contributed by atoms with Gasteiger partial charge < -0.3 is 10.1 Å². The molecule has 9 heteroatoms. The second kappa shape index (κ2) is 8.16. The molecule has 0 saturated heterocycles. The molecule has 1 N–H and O–H groups in total. The highest BCUT2D eigenvalue weighted by molar-refractivity contribution is 7.92. The van der Waals surface area contributed by atoms with Crippen LogP contribution >= 0.6 is 23.2 Å². The Morgan fingerprint density at radius 3 is 2.54 bits per heavy atom. The van der Waals surface area contributed by atoms with Gasteiger partial charge in [0, 0.05) is 0 Å². The van der Waals surface area contributed by atoms with Gasteiger partial charge in [-0.05, 0) is 36.8 Å². The molecule has 0 aliphatic rings. The minimum Gasteiger partial charge on any atom is -0.495 e. The first kappa shape index (κ1) is 20.4. The lowest BCUT2D eigenvalue weighted by atomic mass is 10.2. The van der Waals surface area contributed by atoms with Crippen molar-refractivity contribution in [3.05, 3.63) is 52.0 Å². The van der Waals surface area contributed by atoms with Gasteiger partial charge in [0.2, 0.25) is 15.9 Å². The molecule has 0 bridgehead atoms. The molecule has 0 unspecified atom stereocenters. The monoisotopic (exact) mass is 416 g/mol. The number of nitrogens with one attached hydrogen (secondary N) is 1. The van der Waals surface area contributed by atoms with Crippen LogP contribution in [0, 0.1) is 6.92 Å². The van der Waals surface area contributed by atoms with Crippen LogP contribution in [0.25, 0.3) is 0 Å². The van der Waals surface area contributed by atoms with Crippen LogP contribution in [0.4, 0.5) is 11.4 Å². The number of sulfonamides is 1. The number of halogens is 2. The summed E-state index contributed by atoms with van der Waals surface area (Å²) in [6, 6.07) is 9.86. The molecule has 0 atom stereocenters. The maximum Gasteiger partial charge on any atom is 0.245 e. The van der Waals surface area contributed by atoms with Gasteiger partial charge in [-0.15, -0.1) is 0 Å². The summed E-state index contributed by atoms with van der Waals surface area (Å²) in [5.41, 5.74) is 1.50. The topological polar surface area (TPSA) is 75.7 Å². The van der Waals surface area contributed by atoms with Gasteiger partial charge in [0.15, 0.2) is 0 Å². The third kappa shape index (κ3) is 4.81. The van der Waals surface area contributed by atoms with Crippen LogP contribution in [0.1, 0.15) is 5.56 Å². The van der Waals surface area contributed by atoms with E-state index in [-0.39, 0.29) is 15.7 Å². The van der Waals surface area contributed by atoms with Crippen molar-refractivity contribution in [2.45, 2.75) is 6.92 Å². The first-order valence-corrected chi connectivity index (χ1v) is 10.1. The van der Waals surface area contributed by atoms with E-state index in [1.165, 1.54) is 19.2 Å². The van der Waals surface area contributed by atoms with Gasteiger partial charge in [0.1, 0.15) is 12.3 Å². The molecule has 0 aliphatic carbocycles. The number of aryl methyl sites for hydroxylation is 1. The molecule has 26 heavy (non-hydrogen) atoms. The number of nitrogens with zero attached hydrogens (tertiary/aromatic N) is 1. The van der Waals surface area contributed by atoms with Crippen molar-refractivity contribution in [3.8, 4) is 5.75 Å². The standard InChI is InChI=1S/C17H18Cl2N2O4S/c1-11-7-8-15(25-2)13(9-11)20-16(22)10-21(26(3,23)24)14-6-4-5-12(18)17(14)19/h4-9H,10H2,1-3H3,(H,20,22). The lowest BCUT2D eigenvalue weighted by Gasteiger charge is -2.23. The van der Waals surface area contributed by atoms with E-state index in [1.54, 1.807) is 18.2 Å². The van der Waals surface area contributed by atoms with Gasteiger partial charge in [-0.1, -0.05) is 35.3 Å². The largest absolute Gasteiger partial charge is 0.495 e. The van der Waals surface area contributed by atoms with Crippen molar-refractivity contribution in [2.75, 3.05) is 29.5 Å². The normalized spacial score (nSPS) is 11.1. The number of rotatable bonds is 6. The molecule has 0 radical (unpaired) electrons. The zero-order chi connectivity index (χ0) is 19.5. The van der Waals surface area contributed by atoms with E-state index in [4.69, 9.17) is 27.9 Å². The predicted octanol–water partition coefficient (Wildman–Crippen LogP) is 3.72. The van der Waals surface area contributed by atoms with Crippen molar-refractivity contribution in [1.82, 2.24) is 0 Å². The lowest BCUT2D eigenvalue weighted by molar-refractivity contribution is -0.114. The first-order chi connectivity index (χ1) is 12.1. The third-order valence-corrected chi connectivity index (χ3v) is 5.45. The maximum atomic E-state index is 12.5. The smallest absolute Gasteiger partial charge is 0.245 e. The van der Waals surface area contributed by atoms with E-state index in [0.29, 0.717) is 11.4 Å². The molecular weight excluding hydrogens is 399 g/mol. The molecule has 0 spiro atoms. The van der Waals surface area contributed by atoms with Gasteiger partial charge >= 0.3 is 0 Å². The second-order valence-electron chi connectivity index (χ2n) is 5.59. The number of ether oxygens (including phenoxy) is 1. The number of carbonyl (C=O) groups excluding carboxylic acids is 1. The molecule has 0 aromatic heterocycles. The molecule has 6 nitrogen and oxygen atoms in total. The van der Waals surface area contributed by atoms with Crippen molar-refractivity contribution in [1.29, 1.82) is 0 Å². The fourth-order valence-electron chi connectivity index (χ4n) is 2.31. The zero-order valence-corrected chi connectivity index (χ0v) is 16.7. The van der Waals surface area contributed by atoms with E-state index in [2.05, 4.69) is 5.32 Å². The third-order valence-electron chi connectivity index (χ3n) is 3.52. The molecule has 0 fully saturated rings. The minimum atomic E-state index is -3.77. The Labute approximate surface area is 162 Å². The summed E-state index contributed by atoms with van der Waals surface area (Å²) in [4.78, 5) is 12.5. The fourth-order valence-corrected chi connectivity index (χ4v) is 3.61. The number of amides is 1. The van der Waals surface area contributed by atoms with Crippen LogP contribution in [0.2, 0.25) is 10.0 Å². The molecule has 2 aromatic rings. The number of benzene rings is 2. The fraction of sp³-hybridized carbons (Fsp3) is 0.235. The predicted molar refractivity (Wildman–Crippen MR) is 105 cm³/mol. The summed E-state index contributed by atoms with van der Waals surface area (Å²) >= 11 is 12.1. The molecule has 0 saturated carbocycles. The summed E-state index contributed by atoms with van der Waals surface area (Å²) in [5.74, 6) is -0.0778. The van der Waals surface area contributed by atoms with E-state index in [1.807, 2.05) is 13.0 Å². The van der Waals surface area contributed by atoms with Crippen LogP contribution in [-0.2, 0) is 14.8 Å². The van der Waals surface area contributed by atoms with Gasteiger partial charge in [-0.25, -0.2) is 8.42 Å². The molecule has 140 valence electrons. The maximum absolute atomic E-state index is 12.5. The summed E-state index contributed by atoms with van der Waals surface area (Å²) in [6.07, 6.45) is 0.991. The number of methoxy groups -OCH3 is 1. The van der Waals surface area contributed by atoms with Crippen LogP contribution < -0.4 is 14.4 Å². The average Bonchev–Trinajstić information content (AvgIpc) is 2.55. The van der Waals surface area contributed by atoms with Crippen molar-refractivity contribution in [3.63, 3.8) is 0 Å². The van der Waals surface area contributed by atoms with Crippen LogP contribution in [-0.4, -0.2) is 34.2 Å². The highest BCUT2D eigenvalue weighted by Crippen LogP contribution is 2.33. The van der Waals surface area contributed by atoms with E-state index in [0.717, 1.165) is 16.1 Å². The Balaban J connectivity index is 2.31. The summed E-state index contributed by atoms with van der Waals surface area (Å²) in [5, 5.41) is 2.91. The Kier molecular flexibility index (Phi) is 6.39. The highest BCUT2D eigenvalue weighted by Gasteiger charge is 2.24. The van der Waals surface area contributed by atoms with Crippen LogP contribution in [0.15, 0.2) is 36.4 Å². The minimum absolute atomic E-state index is 0.0560. The Hall–Kier alpha value is -1.96. The number of hydrogen-bond acceptors (Lipinski definition) is 4. The summed E-state index contributed by atoms with van der Waals surface area (Å²) < 4.78 is 30.5. The van der Waals surface area contributed by atoms with Gasteiger partial charge in [0.25, 0.3) is 0 Å². The van der Waals surface area contributed by atoms with Crippen molar-refractivity contribution in [2.24, 2.45) is 0 Å². The van der Waals surface area contributed by atoms with Gasteiger partial charge in [0.05, 0.1) is 34.8 Å². The number of carbonyl (C=O) groups is 1. The molecular formula is C17H18Cl2N2O4S. The van der Waals surface area contributed by atoms with Gasteiger partial charge in [-0.3, -0.25) is 9.10 Å². The zero-order valence-electron chi connectivity index (χ0n) is 14.4. The Morgan fingerprint density at radius 2 is 1.92 bits per heavy atom. The molecule has 2 aromatic carbocycles.